The number of sulfone groups is 1. The van der Waals surface area contributed by atoms with Crippen molar-refractivity contribution >= 4 is 38.2 Å². The molecule has 2 atom stereocenters. The second-order valence-electron chi connectivity index (χ2n) is 7.79. The molecule has 0 aliphatic heterocycles. The maximum absolute atomic E-state index is 12.9. The molecule has 1 aromatic carbocycles. The number of aromatic nitrogens is 5. The number of hydrogen-bond donors (Lipinski definition) is 1. The van der Waals surface area contributed by atoms with E-state index in [0.29, 0.717) is 15.6 Å². The number of aromatic amines is 1. The summed E-state index contributed by atoms with van der Waals surface area (Å²) in [6.07, 6.45) is 6.06. The summed E-state index contributed by atoms with van der Waals surface area (Å²) >= 11 is 6.13. The van der Waals surface area contributed by atoms with E-state index in [2.05, 4.69) is 20.2 Å². The van der Waals surface area contributed by atoms with Crippen molar-refractivity contribution in [3.05, 3.63) is 53.1 Å². The van der Waals surface area contributed by atoms with Crippen molar-refractivity contribution in [1.82, 2.24) is 24.6 Å². The molecule has 5 rings (SSSR count). The molecule has 1 fully saturated rings. The maximum atomic E-state index is 12.9. The van der Waals surface area contributed by atoms with Gasteiger partial charge >= 0.3 is 0 Å². The van der Waals surface area contributed by atoms with Crippen molar-refractivity contribution in [1.29, 1.82) is 0 Å². The van der Waals surface area contributed by atoms with Gasteiger partial charge in [0.15, 0.2) is 21.1 Å². The zero-order chi connectivity index (χ0) is 20.2. The molecular weight excluding hydrogens is 410 g/mol. The molecule has 0 bridgehead atoms. The highest BCUT2D eigenvalue weighted by atomic mass is 35.5. The SMILES string of the molecule is Cc1ccc(S(=O)(=O)C[C@H]2CC[C@@H](c3nnc4cnc5[nH]ccc5n34)C2)cc1Cl. The number of hydrogen-bond acceptors (Lipinski definition) is 5. The summed E-state index contributed by atoms with van der Waals surface area (Å²) < 4.78 is 27.8. The Morgan fingerprint density at radius 1 is 1.24 bits per heavy atom. The lowest BCUT2D eigenvalue weighted by atomic mass is 10.1. The second-order valence-corrected chi connectivity index (χ2v) is 10.2. The number of fused-ring (bicyclic) bond motifs is 3. The van der Waals surface area contributed by atoms with Crippen LogP contribution in [-0.4, -0.2) is 38.7 Å². The number of nitrogens with zero attached hydrogens (tertiary/aromatic N) is 4. The van der Waals surface area contributed by atoms with Crippen LogP contribution in [0.4, 0.5) is 0 Å². The molecule has 3 heterocycles. The fourth-order valence-electron chi connectivity index (χ4n) is 4.30. The Morgan fingerprint density at radius 3 is 2.93 bits per heavy atom. The summed E-state index contributed by atoms with van der Waals surface area (Å²) in [6, 6.07) is 6.91. The van der Waals surface area contributed by atoms with E-state index in [1.807, 2.05) is 23.6 Å². The molecule has 0 spiro atoms. The molecule has 0 unspecified atom stereocenters. The average molecular weight is 430 g/mol. The summed E-state index contributed by atoms with van der Waals surface area (Å²) in [6.45, 7) is 1.86. The van der Waals surface area contributed by atoms with Gasteiger partial charge in [0.1, 0.15) is 5.82 Å². The van der Waals surface area contributed by atoms with E-state index >= 15 is 0 Å². The lowest BCUT2D eigenvalue weighted by molar-refractivity contribution is 0.549. The van der Waals surface area contributed by atoms with E-state index in [-0.39, 0.29) is 17.6 Å². The van der Waals surface area contributed by atoms with Crippen molar-refractivity contribution < 1.29 is 8.42 Å². The predicted octanol–water partition coefficient (Wildman–Crippen LogP) is 3.93. The van der Waals surface area contributed by atoms with Crippen molar-refractivity contribution in [2.75, 3.05) is 5.75 Å². The summed E-state index contributed by atoms with van der Waals surface area (Å²) in [5.74, 6) is 1.26. The molecule has 29 heavy (non-hydrogen) atoms. The minimum Gasteiger partial charge on any atom is -0.345 e. The van der Waals surface area contributed by atoms with Crippen LogP contribution in [0.1, 0.15) is 36.6 Å². The molecule has 150 valence electrons. The fraction of sp³-hybridized carbons (Fsp3) is 0.350. The minimum atomic E-state index is -3.39. The highest BCUT2D eigenvalue weighted by Crippen LogP contribution is 2.39. The molecule has 7 nitrogen and oxygen atoms in total. The van der Waals surface area contributed by atoms with Gasteiger partial charge in [0.05, 0.1) is 22.4 Å². The van der Waals surface area contributed by atoms with E-state index in [9.17, 15) is 8.42 Å². The van der Waals surface area contributed by atoms with E-state index in [0.717, 1.165) is 41.8 Å². The van der Waals surface area contributed by atoms with Crippen LogP contribution in [0.5, 0.6) is 0 Å². The van der Waals surface area contributed by atoms with E-state index in [1.54, 1.807) is 24.4 Å². The Hall–Kier alpha value is -2.45. The predicted molar refractivity (Wildman–Crippen MR) is 111 cm³/mol. The highest BCUT2D eigenvalue weighted by molar-refractivity contribution is 7.91. The van der Waals surface area contributed by atoms with Crippen molar-refractivity contribution in [2.24, 2.45) is 5.92 Å². The van der Waals surface area contributed by atoms with Crippen molar-refractivity contribution in [3.8, 4) is 0 Å². The summed E-state index contributed by atoms with van der Waals surface area (Å²) in [5, 5.41) is 9.15. The van der Waals surface area contributed by atoms with Gasteiger partial charge in [-0.3, -0.25) is 4.40 Å². The third-order valence-corrected chi connectivity index (χ3v) is 8.12. The van der Waals surface area contributed by atoms with Crippen LogP contribution in [0, 0.1) is 12.8 Å². The third-order valence-electron chi connectivity index (χ3n) is 5.83. The Morgan fingerprint density at radius 2 is 2.10 bits per heavy atom. The first kappa shape index (κ1) is 18.6. The largest absolute Gasteiger partial charge is 0.345 e. The Labute approximate surface area is 173 Å². The van der Waals surface area contributed by atoms with Crippen LogP contribution >= 0.6 is 11.6 Å². The Balaban J connectivity index is 1.40. The number of nitrogens with one attached hydrogen (secondary N) is 1. The van der Waals surface area contributed by atoms with Gasteiger partial charge in [-0.25, -0.2) is 13.4 Å². The molecule has 0 amide bonds. The van der Waals surface area contributed by atoms with E-state index < -0.39 is 9.84 Å². The molecule has 1 aliphatic carbocycles. The zero-order valence-electron chi connectivity index (χ0n) is 15.8. The second kappa shape index (κ2) is 6.81. The smallest absolute Gasteiger partial charge is 0.179 e. The van der Waals surface area contributed by atoms with E-state index in [1.165, 1.54) is 0 Å². The topological polar surface area (TPSA) is 93.0 Å². The van der Waals surface area contributed by atoms with E-state index in [4.69, 9.17) is 11.6 Å². The van der Waals surface area contributed by atoms with Gasteiger partial charge in [-0.2, -0.15) is 0 Å². The van der Waals surface area contributed by atoms with Crippen molar-refractivity contribution in [3.63, 3.8) is 0 Å². The first-order chi connectivity index (χ1) is 13.9. The first-order valence-corrected chi connectivity index (χ1v) is 11.6. The standard InChI is InChI=1S/C20H20ClN5O2S/c1-12-2-5-15(9-16(12)21)29(27,28)11-13-3-4-14(8-13)20-25-24-18-10-23-19-17(26(18)20)6-7-22-19/h2,5-7,9-10,13-14,22H,3-4,8,11H2,1H3/t13-,14+/m0/s1. The quantitative estimate of drug-likeness (QED) is 0.530. The molecule has 4 aromatic rings. The molecule has 3 aromatic heterocycles. The average Bonchev–Trinajstić information content (AvgIpc) is 3.40. The summed E-state index contributed by atoms with van der Waals surface area (Å²) in [7, 11) is -3.39. The molecule has 0 saturated heterocycles. The summed E-state index contributed by atoms with van der Waals surface area (Å²) in [5.41, 5.74) is 3.30. The molecule has 0 radical (unpaired) electrons. The van der Waals surface area contributed by atoms with Gasteiger partial charge in [0.2, 0.25) is 0 Å². The van der Waals surface area contributed by atoms with Gasteiger partial charge in [0, 0.05) is 17.1 Å². The third kappa shape index (κ3) is 3.20. The van der Waals surface area contributed by atoms with Gasteiger partial charge in [-0.1, -0.05) is 17.7 Å². The van der Waals surface area contributed by atoms with Crippen LogP contribution < -0.4 is 0 Å². The maximum Gasteiger partial charge on any atom is 0.179 e. The lowest BCUT2D eigenvalue weighted by Gasteiger charge is -2.12. The van der Waals surface area contributed by atoms with Crippen molar-refractivity contribution in [2.45, 2.75) is 37.0 Å². The minimum absolute atomic E-state index is 0.0842. The Bertz CT molecular complexity index is 1330. The molecule has 1 saturated carbocycles. The van der Waals surface area contributed by atoms with Crippen LogP contribution in [0.3, 0.4) is 0 Å². The normalized spacial score (nSPS) is 20.1. The summed E-state index contributed by atoms with van der Waals surface area (Å²) in [4.78, 5) is 7.75. The molecule has 1 N–H and O–H groups in total. The number of halogens is 1. The molecular formula is C20H20ClN5O2S. The number of H-pyrrole nitrogens is 1. The van der Waals surface area contributed by atoms with Gasteiger partial charge in [-0.15, -0.1) is 10.2 Å². The fourth-order valence-corrected chi connectivity index (χ4v) is 6.23. The number of rotatable bonds is 4. The van der Waals surface area contributed by atoms with Gasteiger partial charge < -0.3 is 4.98 Å². The van der Waals surface area contributed by atoms with Crippen LogP contribution in [0.2, 0.25) is 5.02 Å². The van der Waals surface area contributed by atoms with Gasteiger partial charge in [0.25, 0.3) is 0 Å². The number of benzene rings is 1. The Kier molecular flexibility index (Phi) is 4.36. The van der Waals surface area contributed by atoms with Crippen LogP contribution in [-0.2, 0) is 9.84 Å². The van der Waals surface area contributed by atoms with Gasteiger partial charge in [-0.05, 0) is 55.9 Å². The first-order valence-electron chi connectivity index (χ1n) is 9.58. The molecule has 9 heteroatoms. The lowest BCUT2D eigenvalue weighted by Crippen LogP contribution is -2.15. The van der Waals surface area contributed by atoms with Crippen LogP contribution in [0.15, 0.2) is 41.6 Å². The number of aryl methyl sites for hydroxylation is 1. The molecule has 1 aliphatic rings. The van der Waals surface area contributed by atoms with Crippen LogP contribution in [0.25, 0.3) is 16.8 Å². The highest BCUT2D eigenvalue weighted by Gasteiger charge is 2.33. The monoisotopic (exact) mass is 429 g/mol. The zero-order valence-corrected chi connectivity index (χ0v) is 17.4.